The van der Waals surface area contributed by atoms with Crippen molar-refractivity contribution in [2.24, 2.45) is 0 Å². The number of ketones is 1. The Hall–Kier alpha value is -2.93. The summed E-state index contributed by atoms with van der Waals surface area (Å²) < 4.78 is 11.0. The van der Waals surface area contributed by atoms with Gasteiger partial charge in [0.15, 0.2) is 5.78 Å². The Labute approximate surface area is 213 Å². The number of benzene rings is 2. The highest BCUT2D eigenvalue weighted by molar-refractivity contribution is 6.16. The molecule has 2 aromatic rings. The van der Waals surface area contributed by atoms with Gasteiger partial charge in [0.1, 0.15) is 0 Å². The van der Waals surface area contributed by atoms with Crippen LogP contribution in [0.15, 0.2) is 59.7 Å². The second kappa shape index (κ2) is 10.2. The Morgan fingerprint density at radius 3 is 1.44 bits per heavy atom. The molecule has 2 unspecified atom stereocenters. The van der Waals surface area contributed by atoms with Crippen LogP contribution in [-0.2, 0) is 14.3 Å². The van der Waals surface area contributed by atoms with E-state index >= 15 is 0 Å². The molecule has 36 heavy (non-hydrogen) atoms. The van der Waals surface area contributed by atoms with Gasteiger partial charge < -0.3 is 19.3 Å². The van der Waals surface area contributed by atoms with Gasteiger partial charge in [0.25, 0.3) is 0 Å². The third-order valence-corrected chi connectivity index (χ3v) is 8.12. The van der Waals surface area contributed by atoms with Crippen molar-refractivity contribution in [2.75, 3.05) is 69.5 Å². The van der Waals surface area contributed by atoms with Gasteiger partial charge in [-0.2, -0.15) is 0 Å². The van der Waals surface area contributed by atoms with Crippen molar-refractivity contribution >= 4 is 29.3 Å². The summed E-state index contributed by atoms with van der Waals surface area (Å²) in [5.41, 5.74) is 6.44. The molecular weight excluding hydrogens is 450 g/mol. The van der Waals surface area contributed by atoms with E-state index in [9.17, 15) is 4.79 Å². The summed E-state index contributed by atoms with van der Waals surface area (Å²) in [6.45, 7) is 6.81. The number of carbonyl (C=O) groups is 1. The third-order valence-electron chi connectivity index (χ3n) is 8.12. The first-order chi connectivity index (χ1) is 17.7. The maximum Gasteiger partial charge on any atom is 0.188 e. The van der Waals surface area contributed by atoms with Crippen LogP contribution >= 0.6 is 0 Å². The third kappa shape index (κ3) is 4.61. The molecule has 2 aromatic carbocycles. The first kappa shape index (κ1) is 23.5. The number of Topliss-reactive ketones (excluding diaryl/α,β-unsaturated/α-hetero) is 1. The fraction of sp³-hybridized carbons (Fsp3) is 0.433. The molecule has 4 fully saturated rings. The summed E-state index contributed by atoms with van der Waals surface area (Å²) in [6.07, 6.45) is 6.28. The quantitative estimate of drug-likeness (QED) is 0.613. The number of ether oxygens (including phenoxy) is 2. The summed E-state index contributed by atoms with van der Waals surface area (Å²) in [5, 5.41) is 0. The average Bonchev–Trinajstić information content (AvgIpc) is 3.25. The minimum absolute atomic E-state index is 0.197. The van der Waals surface area contributed by atoms with E-state index in [1.54, 1.807) is 0 Å². The fourth-order valence-electron chi connectivity index (χ4n) is 6.05. The lowest BCUT2D eigenvalue weighted by molar-refractivity contribution is -0.114. The Balaban J connectivity index is 1.24. The molecular formula is C30H35N3O3. The van der Waals surface area contributed by atoms with Crippen molar-refractivity contribution in [3.8, 4) is 0 Å². The summed E-state index contributed by atoms with van der Waals surface area (Å²) in [6, 6.07) is 17.6. The van der Waals surface area contributed by atoms with Crippen LogP contribution in [0.25, 0.3) is 12.2 Å². The van der Waals surface area contributed by atoms with Crippen LogP contribution in [0.1, 0.15) is 24.0 Å². The van der Waals surface area contributed by atoms with Gasteiger partial charge in [-0.1, -0.05) is 24.3 Å². The van der Waals surface area contributed by atoms with Crippen molar-refractivity contribution in [3.05, 3.63) is 70.8 Å². The Kier molecular flexibility index (Phi) is 6.65. The van der Waals surface area contributed by atoms with E-state index in [-0.39, 0.29) is 17.9 Å². The molecule has 6 heteroatoms. The molecule has 4 heterocycles. The van der Waals surface area contributed by atoms with Gasteiger partial charge in [-0.15, -0.1) is 0 Å². The zero-order chi connectivity index (χ0) is 24.5. The number of anilines is 2. The van der Waals surface area contributed by atoms with Gasteiger partial charge in [0.05, 0.1) is 26.4 Å². The largest absolute Gasteiger partial charge is 0.378 e. The van der Waals surface area contributed by atoms with Crippen LogP contribution in [-0.4, -0.2) is 82.4 Å². The van der Waals surface area contributed by atoms with Crippen LogP contribution in [0, 0.1) is 0 Å². The van der Waals surface area contributed by atoms with E-state index in [0.717, 1.165) is 87.7 Å². The predicted molar refractivity (Wildman–Crippen MR) is 144 cm³/mol. The number of likely N-dealkylation sites (N-methyl/N-ethyl adjacent to an activating group) is 1. The summed E-state index contributed by atoms with van der Waals surface area (Å²) in [5.74, 6) is 0.204. The molecule has 0 spiro atoms. The second-order valence-electron chi connectivity index (χ2n) is 10.2. The highest BCUT2D eigenvalue weighted by Crippen LogP contribution is 2.40. The average molecular weight is 486 g/mol. The number of hydrogen-bond donors (Lipinski definition) is 0. The number of nitrogens with zero attached hydrogens (tertiary/aromatic N) is 3. The molecule has 4 aliphatic rings. The molecule has 0 amide bonds. The van der Waals surface area contributed by atoms with Gasteiger partial charge in [-0.3, -0.25) is 9.69 Å². The first-order valence-electron chi connectivity index (χ1n) is 13.2. The SMILES string of the molecule is CN1C2CCC1C(=Cc1ccc(N3CCOCC3)cc1)C(=O)C2=Cc1ccc(N2CCOCC2)cc1. The molecule has 4 aliphatic heterocycles. The fourth-order valence-corrected chi connectivity index (χ4v) is 6.05. The number of piperidine rings is 1. The zero-order valence-electron chi connectivity index (χ0n) is 21.1. The van der Waals surface area contributed by atoms with Gasteiger partial charge in [-0.05, 0) is 67.4 Å². The minimum atomic E-state index is 0.197. The molecule has 4 saturated heterocycles. The van der Waals surface area contributed by atoms with Crippen molar-refractivity contribution in [2.45, 2.75) is 24.9 Å². The van der Waals surface area contributed by atoms with Crippen LogP contribution in [0.4, 0.5) is 11.4 Å². The monoisotopic (exact) mass is 485 g/mol. The van der Waals surface area contributed by atoms with Gasteiger partial charge in [-0.25, -0.2) is 0 Å². The number of carbonyl (C=O) groups excluding carboxylic acids is 1. The summed E-state index contributed by atoms with van der Waals surface area (Å²) in [4.78, 5) is 20.9. The molecule has 2 bridgehead atoms. The van der Waals surface area contributed by atoms with Crippen LogP contribution in [0.3, 0.4) is 0 Å². The molecule has 6 nitrogen and oxygen atoms in total. The number of morpholine rings is 2. The number of fused-ring (bicyclic) bond motifs is 2. The van der Waals surface area contributed by atoms with E-state index in [4.69, 9.17) is 9.47 Å². The predicted octanol–water partition coefficient (Wildman–Crippen LogP) is 3.87. The topological polar surface area (TPSA) is 45.2 Å². The normalized spacial score (nSPS) is 27.3. The molecule has 0 aliphatic carbocycles. The Bertz CT molecular complexity index is 1050. The second-order valence-corrected chi connectivity index (χ2v) is 10.2. The van der Waals surface area contributed by atoms with Gasteiger partial charge >= 0.3 is 0 Å². The van der Waals surface area contributed by atoms with Crippen molar-refractivity contribution in [3.63, 3.8) is 0 Å². The Morgan fingerprint density at radius 1 is 0.667 bits per heavy atom. The highest BCUT2D eigenvalue weighted by atomic mass is 16.5. The number of rotatable bonds is 4. The lowest BCUT2D eigenvalue weighted by atomic mass is 9.88. The molecule has 2 atom stereocenters. The minimum Gasteiger partial charge on any atom is -0.378 e. The van der Waals surface area contributed by atoms with Crippen LogP contribution < -0.4 is 9.80 Å². The molecule has 0 aromatic heterocycles. The molecule has 0 radical (unpaired) electrons. The van der Waals surface area contributed by atoms with E-state index in [1.807, 2.05) is 0 Å². The lowest BCUT2D eigenvalue weighted by Gasteiger charge is -2.34. The van der Waals surface area contributed by atoms with E-state index in [0.29, 0.717) is 0 Å². The number of hydrogen-bond acceptors (Lipinski definition) is 6. The molecule has 0 N–H and O–H groups in total. The van der Waals surface area contributed by atoms with Crippen molar-refractivity contribution in [1.29, 1.82) is 0 Å². The van der Waals surface area contributed by atoms with E-state index in [2.05, 4.69) is 82.4 Å². The summed E-state index contributed by atoms with van der Waals surface area (Å²) in [7, 11) is 2.17. The molecule has 188 valence electrons. The molecule has 6 rings (SSSR count). The maximum absolute atomic E-state index is 13.8. The standard InChI is InChI=1S/C30H35N3O3/c1-31-28-10-11-29(31)27(21-23-4-8-25(9-5-23)33-14-18-36-19-15-33)30(34)26(28)20-22-2-6-24(7-3-22)32-12-16-35-17-13-32/h2-9,20-21,28-29H,10-19H2,1H3. The van der Waals surface area contributed by atoms with Gasteiger partial charge in [0, 0.05) is 60.8 Å². The zero-order valence-corrected chi connectivity index (χ0v) is 21.1. The van der Waals surface area contributed by atoms with Crippen molar-refractivity contribution in [1.82, 2.24) is 4.90 Å². The first-order valence-corrected chi connectivity index (χ1v) is 13.2. The van der Waals surface area contributed by atoms with Gasteiger partial charge in [0.2, 0.25) is 0 Å². The van der Waals surface area contributed by atoms with Crippen molar-refractivity contribution < 1.29 is 14.3 Å². The highest BCUT2D eigenvalue weighted by Gasteiger charge is 2.44. The smallest absolute Gasteiger partial charge is 0.188 e. The van der Waals surface area contributed by atoms with Crippen LogP contribution in [0.5, 0.6) is 0 Å². The molecule has 0 saturated carbocycles. The Morgan fingerprint density at radius 2 is 1.06 bits per heavy atom. The lowest BCUT2D eigenvalue weighted by Crippen LogP contribution is -2.43. The van der Waals surface area contributed by atoms with Crippen LogP contribution in [0.2, 0.25) is 0 Å². The maximum atomic E-state index is 13.8. The summed E-state index contributed by atoms with van der Waals surface area (Å²) >= 11 is 0. The van der Waals surface area contributed by atoms with E-state index in [1.165, 1.54) is 11.4 Å². The van der Waals surface area contributed by atoms with E-state index < -0.39 is 0 Å².